The molecule has 0 aromatic heterocycles. The van der Waals surface area contributed by atoms with Crippen LogP contribution in [0.25, 0.3) is 0 Å². The van der Waals surface area contributed by atoms with Crippen molar-refractivity contribution in [1.29, 1.82) is 0 Å². The molecule has 0 spiro atoms. The zero-order valence-corrected chi connectivity index (χ0v) is 23.6. The molecule has 4 aromatic rings. The van der Waals surface area contributed by atoms with E-state index in [4.69, 9.17) is 8.37 Å². The normalized spacial score (nSPS) is 12.0. The fraction of sp³-hybridized carbons (Fsp3) is 0.172. The van der Waals surface area contributed by atoms with Crippen LogP contribution in [0, 0.1) is 37.1 Å². The van der Waals surface area contributed by atoms with Crippen LogP contribution in [0.3, 0.4) is 0 Å². The van der Waals surface area contributed by atoms with Crippen LogP contribution in [0.2, 0.25) is 0 Å². The summed E-state index contributed by atoms with van der Waals surface area (Å²) in [6.07, 6.45) is 0.112. The average molecular weight is 609 g/mol. The maximum atomic E-state index is 15.0. The van der Waals surface area contributed by atoms with Gasteiger partial charge in [0.05, 0.1) is 0 Å². The Kier molecular flexibility index (Phi) is 8.46. The molecule has 41 heavy (non-hydrogen) atoms. The quantitative estimate of drug-likeness (QED) is 0.151. The van der Waals surface area contributed by atoms with Crippen LogP contribution in [-0.4, -0.2) is 16.8 Å². The summed E-state index contributed by atoms with van der Waals surface area (Å²) < 4.78 is 120. The molecule has 4 aromatic carbocycles. The second-order valence-corrected chi connectivity index (χ2v) is 12.2. The van der Waals surface area contributed by atoms with Crippen LogP contribution in [0.4, 0.5) is 17.6 Å². The third-order valence-corrected chi connectivity index (χ3v) is 9.13. The van der Waals surface area contributed by atoms with Gasteiger partial charge in [-0.25, -0.2) is 17.6 Å². The smallest absolute Gasteiger partial charge is 0.339 e. The molecule has 12 heteroatoms. The molecule has 216 valence electrons. The van der Waals surface area contributed by atoms with E-state index in [9.17, 15) is 16.8 Å². The molecule has 0 aliphatic rings. The molecule has 0 atom stereocenters. The Labute approximate surface area is 235 Å². The topological polar surface area (TPSA) is 86.7 Å². The Bertz CT molecular complexity index is 1660. The molecule has 0 bridgehead atoms. The third-order valence-electron chi connectivity index (χ3n) is 6.37. The minimum absolute atomic E-state index is 0.0665. The Morgan fingerprint density at radius 3 is 1.22 bits per heavy atom. The second kappa shape index (κ2) is 11.5. The van der Waals surface area contributed by atoms with Gasteiger partial charge in [-0.15, -0.1) is 0 Å². The minimum Gasteiger partial charge on any atom is -0.373 e. The molecule has 0 radical (unpaired) electrons. The first kappa shape index (κ1) is 30.1. The van der Waals surface area contributed by atoms with E-state index in [1.807, 2.05) is 0 Å². The number of hydrogen-bond acceptors (Lipinski definition) is 6. The Balaban J connectivity index is 1.66. The van der Waals surface area contributed by atoms with E-state index in [-0.39, 0.29) is 27.3 Å². The van der Waals surface area contributed by atoms with E-state index in [1.165, 1.54) is 50.2 Å². The van der Waals surface area contributed by atoms with E-state index < -0.39 is 60.9 Å². The molecule has 0 unspecified atom stereocenters. The van der Waals surface area contributed by atoms with Gasteiger partial charge in [-0.05, 0) is 78.9 Å². The van der Waals surface area contributed by atoms with Crippen molar-refractivity contribution in [3.05, 3.63) is 118 Å². The highest BCUT2D eigenvalue weighted by Gasteiger charge is 2.28. The summed E-state index contributed by atoms with van der Waals surface area (Å²) >= 11 is 0. The van der Waals surface area contributed by atoms with E-state index in [0.29, 0.717) is 11.1 Å². The van der Waals surface area contributed by atoms with Gasteiger partial charge in [0.1, 0.15) is 9.79 Å². The lowest BCUT2D eigenvalue weighted by atomic mass is 9.88. The minimum atomic E-state index is -4.58. The molecule has 0 N–H and O–H groups in total. The number of aryl methyl sites for hydroxylation is 2. The van der Waals surface area contributed by atoms with Gasteiger partial charge < -0.3 is 8.37 Å². The Morgan fingerprint density at radius 2 is 0.927 bits per heavy atom. The molecule has 0 aliphatic heterocycles. The van der Waals surface area contributed by atoms with Crippen molar-refractivity contribution >= 4 is 20.2 Å². The summed E-state index contributed by atoms with van der Waals surface area (Å²) in [5.41, 5.74) is 0.476. The van der Waals surface area contributed by atoms with Crippen molar-refractivity contribution in [2.45, 2.75) is 42.9 Å². The van der Waals surface area contributed by atoms with Crippen molar-refractivity contribution in [2.24, 2.45) is 0 Å². The lowest BCUT2D eigenvalue weighted by molar-refractivity contribution is 0.430. The summed E-state index contributed by atoms with van der Waals surface area (Å²) in [5, 5.41) is 0. The monoisotopic (exact) mass is 608 g/mol. The van der Waals surface area contributed by atoms with Gasteiger partial charge in [-0.2, -0.15) is 16.8 Å². The number of rotatable bonds is 9. The van der Waals surface area contributed by atoms with Crippen molar-refractivity contribution in [3.8, 4) is 11.5 Å². The van der Waals surface area contributed by atoms with E-state index in [1.54, 1.807) is 19.1 Å². The van der Waals surface area contributed by atoms with Crippen molar-refractivity contribution < 1.29 is 42.8 Å². The van der Waals surface area contributed by atoms with E-state index in [2.05, 4.69) is 0 Å². The summed E-state index contributed by atoms with van der Waals surface area (Å²) in [6, 6.07) is 14.7. The van der Waals surface area contributed by atoms with Crippen LogP contribution in [0.1, 0.15) is 41.5 Å². The largest absolute Gasteiger partial charge is 0.373 e. The first-order chi connectivity index (χ1) is 19.2. The molecule has 6 nitrogen and oxygen atoms in total. The maximum absolute atomic E-state index is 15.0. The first-order valence-electron chi connectivity index (χ1n) is 12.2. The van der Waals surface area contributed by atoms with Crippen molar-refractivity contribution in [1.82, 2.24) is 0 Å². The van der Waals surface area contributed by atoms with Crippen LogP contribution < -0.4 is 8.37 Å². The lowest BCUT2D eigenvalue weighted by Gasteiger charge is -2.19. The van der Waals surface area contributed by atoms with Gasteiger partial charge >= 0.3 is 20.2 Å². The van der Waals surface area contributed by atoms with E-state index in [0.717, 1.165) is 24.3 Å². The zero-order valence-electron chi connectivity index (χ0n) is 22.0. The molecule has 4 rings (SSSR count). The molecule has 0 amide bonds. The number of hydrogen-bond donors (Lipinski definition) is 0. The van der Waals surface area contributed by atoms with Gasteiger partial charge in [-0.3, -0.25) is 0 Å². The predicted octanol–water partition coefficient (Wildman–Crippen LogP) is 6.94. The van der Waals surface area contributed by atoms with Crippen LogP contribution in [0.5, 0.6) is 11.5 Å². The standard InChI is InChI=1S/C29H24F4O6S2/c1-4-21(19-13-22(30)28(23(31)14-19)38-40(34,35)26-11-7-5-9-17(26)2)20-15-24(32)29(25(33)16-20)39-41(36,37)27-12-8-6-10-18(27)3/h5-16,21H,4H2,1-3H3. The van der Waals surface area contributed by atoms with Crippen molar-refractivity contribution in [3.63, 3.8) is 0 Å². The second-order valence-electron chi connectivity index (χ2n) is 9.19. The zero-order chi connectivity index (χ0) is 30.1. The molecule has 0 saturated heterocycles. The Hall–Kier alpha value is -3.90. The van der Waals surface area contributed by atoms with Gasteiger partial charge in [-0.1, -0.05) is 43.3 Å². The fourth-order valence-corrected chi connectivity index (χ4v) is 6.72. The van der Waals surface area contributed by atoms with Gasteiger partial charge in [0.15, 0.2) is 23.3 Å². The summed E-state index contributed by atoms with van der Waals surface area (Å²) in [6.45, 7) is 4.57. The lowest BCUT2D eigenvalue weighted by Crippen LogP contribution is -2.14. The highest BCUT2D eigenvalue weighted by molar-refractivity contribution is 7.87. The molecule has 0 heterocycles. The summed E-state index contributed by atoms with van der Waals surface area (Å²) in [7, 11) is -9.15. The molecule has 0 fully saturated rings. The summed E-state index contributed by atoms with van der Waals surface area (Å²) in [5.74, 6) is -8.67. The molecule has 0 aliphatic carbocycles. The highest BCUT2D eigenvalue weighted by Crippen LogP contribution is 2.37. The van der Waals surface area contributed by atoms with Gasteiger partial charge in [0, 0.05) is 5.92 Å². The average Bonchev–Trinajstić information content (AvgIpc) is 2.89. The van der Waals surface area contributed by atoms with Crippen LogP contribution >= 0.6 is 0 Å². The van der Waals surface area contributed by atoms with Crippen molar-refractivity contribution in [2.75, 3.05) is 0 Å². The molecular weight excluding hydrogens is 584 g/mol. The maximum Gasteiger partial charge on any atom is 0.339 e. The fourth-order valence-electron chi connectivity index (χ4n) is 4.37. The Morgan fingerprint density at radius 1 is 0.610 bits per heavy atom. The van der Waals surface area contributed by atoms with Crippen LogP contribution in [0.15, 0.2) is 82.6 Å². The number of benzene rings is 4. The molecule has 0 saturated carbocycles. The van der Waals surface area contributed by atoms with Crippen LogP contribution in [-0.2, 0) is 20.2 Å². The molecular formula is C29H24F4O6S2. The van der Waals surface area contributed by atoms with E-state index >= 15 is 17.6 Å². The third kappa shape index (κ3) is 6.23. The van der Waals surface area contributed by atoms with Gasteiger partial charge in [0.25, 0.3) is 0 Å². The SMILES string of the molecule is CCC(c1cc(F)c(OS(=O)(=O)c2ccccc2C)c(F)c1)c1cc(F)c(OS(=O)(=O)c2ccccc2C)c(F)c1. The number of halogens is 4. The highest BCUT2D eigenvalue weighted by atomic mass is 32.2. The predicted molar refractivity (Wildman–Crippen MR) is 143 cm³/mol. The summed E-state index contributed by atoms with van der Waals surface area (Å²) in [4.78, 5) is -0.543. The van der Waals surface area contributed by atoms with Gasteiger partial charge in [0.2, 0.25) is 11.5 Å². The first-order valence-corrected chi connectivity index (χ1v) is 15.0.